The fourth-order valence-electron chi connectivity index (χ4n) is 3.55. The third-order valence-corrected chi connectivity index (χ3v) is 4.83. The zero-order chi connectivity index (χ0) is 22.4. The number of nitrogens with zero attached hydrogens (tertiary/aromatic N) is 2. The largest absolute Gasteiger partial charge is 0.573 e. The van der Waals surface area contributed by atoms with Gasteiger partial charge >= 0.3 is 6.36 Å². The maximum atomic E-state index is 12.7. The molecule has 2 atom stereocenters. The summed E-state index contributed by atoms with van der Waals surface area (Å²) in [5.41, 5.74) is 0.506. The molecule has 0 spiro atoms. The van der Waals surface area contributed by atoms with Gasteiger partial charge in [0.15, 0.2) is 0 Å². The molecule has 158 valence electrons. The van der Waals surface area contributed by atoms with Crippen LogP contribution < -0.4 is 15.2 Å². The number of ether oxygens (including phenoxy) is 1. The number of aromatic nitrogens is 1. The highest BCUT2D eigenvalue weighted by molar-refractivity contribution is 6.48. The summed E-state index contributed by atoms with van der Waals surface area (Å²) < 4.78 is 42.3. The summed E-state index contributed by atoms with van der Waals surface area (Å²) in [5, 5.41) is 0. The van der Waals surface area contributed by atoms with E-state index in [9.17, 15) is 32.3 Å². The minimum absolute atomic E-state index is 0.220. The van der Waals surface area contributed by atoms with E-state index < -0.39 is 41.5 Å². The summed E-state index contributed by atoms with van der Waals surface area (Å²) in [4.78, 5) is 50.5. The van der Waals surface area contributed by atoms with E-state index in [1.54, 1.807) is 0 Å². The second-order valence-corrected chi connectivity index (χ2v) is 6.99. The summed E-state index contributed by atoms with van der Waals surface area (Å²) in [7, 11) is 1.47. The van der Waals surface area contributed by atoms with E-state index in [0.717, 1.165) is 17.0 Å². The number of ketones is 2. The average Bonchev–Trinajstić information content (AvgIpc) is 2.90. The Balaban J connectivity index is 2.11. The van der Waals surface area contributed by atoms with E-state index in [-0.39, 0.29) is 16.8 Å². The van der Waals surface area contributed by atoms with Crippen LogP contribution in [0, 0.1) is 12.8 Å². The van der Waals surface area contributed by atoms with Gasteiger partial charge in [0.2, 0.25) is 5.78 Å². The molecule has 1 aliphatic heterocycles. The van der Waals surface area contributed by atoms with E-state index in [1.807, 2.05) is 0 Å². The minimum Gasteiger partial charge on any atom is -0.406 e. The van der Waals surface area contributed by atoms with Crippen molar-refractivity contribution in [2.24, 2.45) is 13.0 Å². The molecule has 10 heteroatoms. The molecule has 1 aliphatic rings. The van der Waals surface area contributed by atoms with E-state index in [4.69, 9.17) is 0 Å². The van der Waals surface area contributed by atoms with Crippen molar-refractivity contribution in [2.45, 2.75) is 26.3 Å². The molecule has 30 heavy (non-hydrogen) atoms. The van der Waals surface area contributed by atoms with Gasteiger partial charge in [-0.1, -0.05) is 12.1 Å². The summed E-state index contributed by atoms with van der Waals surface area (Å²) >= 11 is 0. The average molecular weight is 422 g/mol. The number of alkyl halides is 3. The lowest BCUT2D eigenvalue weighted by Gasteiger charge is -2.27. The molecular weight excluding hydrogens is 405 g/mol. The molecule has 1 amide bonds. The quantitative estimate of drug-likeness (QED) is 0.558. The van der Waals surface area contributed by atoms with Gasteiger partial charge in [0.25, 0.3) is 11.5 Å². The summed E-state index contributed by atoms with van der Waals surface area (Å²) in [6.45, 7) is 2.70. The Morgan fingerprint density at radius 2 is 1.70 bits per heavy atom. The van der Waals surface area contributed by atoms with Gasteiger partial charge in [-0.2, -0.15) is 0 Å². The van der Waals surface area contributed by atoms with Gasteiger partial charge in [-0.25, -0.2) is 0 Å². The lowest BCUT2D eigenvalue weighted by Crippen LogP contribution is -2.32. The third-order valence-electron chi connectivity index (χ3n) is 4.83. The van der Waals surface area contributed by atoms with Crippen LogP contribution >= 0.6 is 0 Å². The molecule has 3 rings (SSSR count). The van der Waals surface area contributed by atoms with Gasteiger partial charge in [0.05, 0.1) is 11.7 Å². The SMILES string of the molecule is CC(=O)C1C(=O)C(=O)N(c2cc(C)c(=O)n(C)c2)C1c1ccc(OC(F)(F)F)cc1. The number of hydrogen-bond donors (Lipinski definition) is 0. The maximum Gasteiger partial charge on any atom is 0.573 e. The number of hydrogen-bond acceptors (Lipinski definition) is 5. The highest BCUT2D eigenvalue weighted by atomic mass is 19.4. The summed E-state index contributed by atoms with van der Waals surface area (Å²) in [5.74, 6) is -4.23. The van der Waals surface area contributed by atoms with Crippen molar-refractivity contribution in [3.05, 3.63) is 58.0 Å². The number of carbonyl (C=O) groups excluding carboxylic acids is 3. The van der Waals surface area contributed by atoms with Crippen molar-refractivity contribution in [2.75, 3.05) is 4.90 Å². The van der Waals surface area contributed by atoms with Gasteiger partial charge in [0.1, 0.15) is 17.5 Å². The highest BCUT2D eigenvalue weighted by Crippen LogP contribution is 2.40. The van der Waals surface area contributed by atoms with Crippen molar-refractivity contribution < 1.29 is 32.3 Å². The molecule has 0 radical (unpaired) electrons. The second-order valence-electron chi connectivity index (χ2n) is 6.99. The number of Topliss-reactive ketones (excluding diaryl/α,β-unsaturated/α-hetero) is 2. The van der Waals surface area contributed by atoms with Crippen molar-refractivity contribution >= 4 is 23.2 Å². The van der Waals surface area contributed by atoms with E-state index >= 15 is 0 Å². The maximum absolute atomic E-state index is 12.7. The Kier molecular flexibility index (Phi) is 5.27. The van der Waals surface area contributed by atoms with Gasteiger partial charge < -0.3 is 9.30 Å². The van der Waals surface area contributed by atoms with Crippen molar-refractivity contribution in [1.82, 2.24) is 4.57 Å². The highest BCUT2D eigenvalue weighted by Gasteiger charge is 2.51. The topological polar surface area (TPSA) is 85.7 Å². The number of pyridine rings is 1. The molecule has 0 N–H and O–H groups in total. The molecule has 1 fully saturated rings. The Bertz CT molecular complexity index is 1060. The smallest absolute Gasteiger partial charge is 0.406 e. The van der Waals surface area contributed by atoms with Crippen molar-refractivity contribution in [1.29, 1.82) is 0 Å². The van der Waals surface area contributed by atoms with Crippen LogP contribution in [0.3, 0.4) is 0 Å². The van der Waals surface area contributed by atoms with Crippen LogP contribution in [-0.4, -0.2) is 28.4 Å². The van der Waals surface area contributed by atoms with Gasteiger partial charge in [-0.3, -0.25) is 24.1 Å². The zero-order valence-electron chi connectivity index (χ0n) is 16.2. The lowest BCUT2D eigenvalue weighted by molar-refractivity contribution is -0.274. The molecule has 2 heterocycles. The molecule has 0 bridgehead atoms. The number of rotatable bonds is 4. The van der Waals surface area contributed by atoms with Gasteiger partial charge in [0, 0.05) is 18.8 Å². The summed E-state index contributed by atoms with van der Waals surface area (Å²) in [6, 6.07) is 4.95. The third kappa shape index (κ3) is 3.85. The van der Waals surface area contributed by atoms with Crippen LogP contribution in [0.15, 0.2) is 41.3 Å². The lowest BCUT2D eigenvalue weighted by atomic mass is 9.90. The number of amides is 1. The predicted molar refractivity (Wildman–Crippen MR) is 99.0 cm³/mol. The monoisotopic (exact) mass is 422 g/mol. The number of aryl methyl sites for hydroxylation is 2. The zero-order valence-corrected chi connectivity index (χ0v) is 16.2. The van der Waals surface area contributed by atoms with Gasteiger partial charge in [-0.05, 0) is 37.6 Å². The van der Waals surface area contributed by atoms with Crippen LogP contribution in [0.1, 0.15) is 24.1 Å². The molecule has 1 aromatic heterocycles. The van der Waals surface area contributed by atoms with E-state index in [2.05, 4.69) is 4.74 Å². The number of benzene rings is 1. The van der Waals surface area contributed by atoms with Crippen LogP contribution in [0.25, 0.3) is 0 Å². The molecule has 2 unspecified atom stereocenters. The molecule has 7 nitrogen and oxygen atoms in total. The first-order valence-electron chi connectivity index (χ1n) is 8.81. The van der Waals surface area contributed by atoms with Gasteiger partial charge in [-0.15, -0.1) is 13.2 Å². The standard InChI is InChI=1S/C20H17F3N2O5/c1-10-8-13(9-24(3)18(10)28)25-16(15(11(2)26)17(27)19(25)29)12-4-6-14(7-5-12)30-20(21,22)23/h4-9,15-16H,1-3H3. The Hall–Kier alpha value is -3.43. The number of carbonyl (C=O) groups is 3. The molecule has 1 saturated heterocycles. The normalized spacial score (nSPS) is 19.3. The summed E-state index contributed by atoms with van der Waals surface area (Å²) in [6.07, 6.45) is -3.52. The Morgan fingerprint density at radius 3 is 2.20 bits per heavy atom. The molecule has 0 aliphatic carbocycles. The van der Waals surface area contributed by atoms with E-state index in [1.165, 1.54) is 49.9 Å². The van der Waals surface area contributed by atoms with E-state index in [0.29, 0.717) is 5.56 Å². The predicted octanol–water partition coefficient (Wildman–Crippen LogP) is 2.45. The number of halogens is 3. The Labute approximate surface area is 168 Å². The van der Waals surface area contributed by atoms with Crippen LogP contribution in [0.5, 0.6) is 5.75 Å². The molecule has 1 aromatic carbocycles. The molecular formula is C20H17F3N2O5. The fourth-order valence-corrected chi connectivity index (χ4v) is 3.55. The first kappa shape index (κ1) is 21.3. The van der Waals surface area contributed by atoms with Crippen LogP contribution in [-0.2, 0) is 21.4 Å². The van der Waals surface area contributed by atoms with Crippen LogP contribution in [0.2, 0.25) is 0 Å². The first-order chi connectivity index (χ1) is 13.9. The Morgan fingerprint density at radius 1 is 1.10 bits per heavy atom. The van der Waals surface area contributed by atoms with Crippen molar-refractivity contribution in [3.63, 3.8) is 0 Å². The van der Waals surface area contributed by atoms with Crippen LogP contribution in [0.4, 0.5) is 18.9 Å². The second kappa shape index (κ2) is 7.43. The minimum atomic E-state index is -4.87. The first-order valence-corrected chi connectivity index (χ1v) is 8.81. The number of anilines is 1. The molecule has 2 aromatic rings. The fraction of sp³-hybridized carbons (Fsp3) is 0.300. The molecule has 0 saturated carbocycles. The van der Waals surface area contributed by atoms with Crippen molar-refractivity contribution in [3.8, 4) is 5.75 Å².